The summed E-state index contributed by atoms with van der Waals surface area (Å²) in [5.74, 6) is 0.159. The Hall–Kier alpha value is -0.610. The second kappa shape index (κ2) is 8.63. The van der Waals surface area contributed by atoms with Gasteiger partial charge in [-0.15, -0.1) is 0 Å². The highest BCUT2D eigenvalue weighted by molar-refractivity contribution is 5.78. The number of hydrogen-bond acceptors (Lipinski definition) is 3. The summed E-state index contributed by atoms with van der Waals surface area (Å²) in [4.78, 5) is 14.5. The summed E-state index contributed by atoms with van der Waals surface area (Å²) in [5.41, 5.74) is 5.83. The van der Waals surface area contributed by atoms with E-state index in [-0.39, 0.29) is 11.4 Å². The van der Waals surface area contributed by atoms with Gasteiger partial charge in [0.1, 0.15) is 0 Å². The minimum absolute atomic E-state index is 0.0739. The monoisotopic (exact) mass is 283 g/mol. The van der Waals surface area contributed by atoms with E-state index in [2.05, 4.69) is 31.0 Å². The Morgan fingerprint density at radius 2 is 1.85 bits per heavy atom. The van der Waals surface area contributed by atoms with Crippen LogP contribution in [-0.2, 0) is 4.79 Å². The smallest absolute Gasteiger partial charge is 0.234 e. The van der Waals surface area contributed by atoms with E-state index in [1.54, 1.807) is 0 Å². The molecule has 0 aromatic heterocycles. The van der Waals surface area contributed by atoms with E-state index in [4.69, 9.17) is 5.73 Å². The first-order chi connectivity index (χ1) is 9.55. The average Bonchev–Trinajstić information content (AvgIpc) is 2.72. The molecule has 1 aliphatic carbocycles. The number of rotatable bonds is 7. The molecule has 1 saturated carbocycles. The molecule has 0 heterocycles. The number of hydrogen-bond donors (Lipinski definition) is 2. The molecule has 4 heteroatoms. The molecule has 118 valence electrons. The third-order valence-corrected chi connectivity index (χ3v) is 4.90. The number of amides is 1. The molecule has 1 unspecified atom stereocenters. The lowest BCUT2D eigenvalue weighted by Gasteiger charge is -2.39. The fourth-order valence-electron chi connectivity index (χ4n) is 3.05. The largest absolute Gasteiger partial charge is 0.352 e. The Kier molecular flexibility index (Phi) is 7.52. The third-order valence-electron chi connectivity index (χ3n) is 4.90. The van der Waals surface area contributed by atoms with E-state index in [0.717, 1.165) is 25.8 Å². The first-order valence-corrected chi connectivity index (χ1v) is 8.30. The van der Waals surface area contributed by atoms with Gasteiger partial charge >= 0.3 is 0 Å². The van der Waals surface area contributed by atoms with Gasteiger partial charge in [0.25, 0.3) is 0 Å². The van der Waals surface area contributed by atoms with E-state index in [1.807, 2.05) is 0 Å². The Labute approximate surface area is 124 Å². The molecule has 3 N–H and O–H groups in total. The van der Waals surface area contributed by atoms with E-state index in [9.17, 15) is 4.79 Å². The summed E-state index contributed by atoms with van der Waals surface area (Å²) >= 11 is 0. The molecule has 1 atom stereocenters. The zero-order chi connectivity index (χ0) is 15.0. The van der Waals surface area contributed by atoms with Crippen molar-refractivity contribution < 1.29 is 4.79 Å². The van der Waals surface area contributed by atoms with E-state index >= 15 is 0 Å². The maximum atomic E-state index is 12.3. The number of carbonyl (C=O) groups is 1. The molecule has 0 aromatic carbocycles. The van der Waals surface area contributed by atoms with Crippen LogP contribution in [0.2, 0.25) is 0 Å². The molecule has 0 spiro atoms. The molecule has 1 fully saturated rings. The highest BCUT2D eigenvalue weighted by Crippen LogP contribution is 2.19. The lowest BCUT2D eigenvalue weighted by atomic mass is 9.96. The maximum Gasteiger partial charge on any atom is 0.234 e. The second-order valence-corrected chi connectivity index (χ2v) is 6.32. The Morgan fingerprint density at radius 3 is 2.30 bits per heavy atom. The molecule has 0 radical (unpaired) electrons. The van der Waals surface area contributed by atoms with Crippen molar-refractivity contribution in [2.45, 2.75) is 77.3 Å². The van der Waals surface area contributed by atoms with Crippen LogP contribution in [0.15, 0.2) is 0 Å². The third kappa shape index (κ3) is 5.06. The number of nitrogens with two attached hydrogens (primary N) is 1. The molecule has 1 aliphatic rings. The molecule has 1 rings (SSSR count). The number of likely N-dealkylation sites (N-methyl/N-ethyl adjacent to an activating group) is 1. The van der Waals surface area contributed by atoms with Gasteiger partial charge in [0.2, 0.25) is 5.91 Å². The average molecular weight is 283 g/mol. The maximum absolute atomic E-state index is 12.3. The van der Waals surface area contributed by atoms with Crippen LogP contribution in [0.1, 0.15) is 65.7 Å². The summed E-state index contributed by atoms with van der Waals surface area (Å²) < 4.78 is 0. The number of nitrogens with zero attached hydrogens (tertiary/aromatic N) is 1. The highest BCUT2D eigenvalue weighted by atomic mass is 16.2. The Balaban J connectivity index is 2.50. The van der Waals surface area contributed by atoms with Gasteiger partial charge in [0, 0.05) is 18.1 Å². The second-order valence-electron chi connectivity index (χ2n) is 6.32. The predicted octanol–water partition coefficient (Wildman–Crippen LogP) is 2.27. The summed E-state index contributed by atoms with van der Waals surface area (Å²) in [6.45, 7) is 8.30. The van der Waals surface area contributed by atoms with Gasteiger partial charge in [-0.2, -0.15) is 0 Å². The molecule has 0 bridgehead atoms. The quantitative estimate of drug-likeness (QED) is 0.705. The standard InChI is InChI=1S/C16H33N3O/c1-4-16(3,13-17)19(5-2)12-15(20)18-14-10-8-6-7-9-11-14/h14H,4-13,17H2,1-3H3,(H,18,20). The van der Waals surface area contributed by atoms with Gasteiger partial charge in [-0.3, -0.25) is 9.69 Å². The van der Waals surface area contributed by atoms with Crippen LogP contribution >= 0.6 is 0 Å². The SMILES string of the molecule is CCN(CC(=O)NC1CCCCCC1)C(C)(CC)CN. The predicted molar refractivity (Wildman–Crippen MR) is 84.6 cm³/mol. The Bertz CT molecular complexity index is 281. The van der Waals surface area contributed by atoms with E-state index in [1.165, 1.54) is 25.7 Å². The zero-order valence-electron chi connectivity index (χ0n) is 13.6. The fourth-order valence-corrected chi connectivity index (χ4v) is 3.05. The normalized spacial score (nSPS) is 20.4. The molecule has 1 amide bonds. The van der Waals surface area contributed by atoms with Gasteiger partial charge in [0.15, 0.2) is 0 Å². The van der Waals surface area contributed by atoms with Crippen molar-refractivity contribution >= 4 is 5.91 Å². The van der Waals surface area contributed by atoms with Crippen molar-refractivity contribution in [1.29, 1.82) is 0 Å². The number of nitrogens with one attached hydrogen (secondary N) is 1. The summed E-state index contributed by atoms with van der Waals surface area (Å²) in [6.07, 6.45) is 8.37. The lowest BCUT2D eigenvalue weighted by Crippen LogP contribution is -2.55. The summed E-state index contributed by atoms with van der Waals surface area (Å²) in [5, 5.41) is 3.22. The van der Waals surface area contributed by atoms with Gasteiger partial charge in [-0.1, -0.05) is 39.5 Å². The fraction of sp³-hybridized carbons (Fsp3) is 0.938. The van der Waals surface area contributed by atoms with Crippen LogP contribution in [0.5, 0.6) is 0 Å². The van der Waals surface area contributed by atoms with Crippen LogP contribution in [0.4, 0.5) is 0 Å². The molecule has 0 aromatic rings. The summed E-state index contributed by atoms with van der Waals surface area (Å²) in [6, 6.07) is 0.384. The first kappa shape index (κ1) is 17.4. The minimum atomic E-state index is -0.0739. The van der Waals surface area contributed by atoms with Crippen molar-refractivity contribution in [3.8, 4) is 0 Å². The zero-order valence-corrected chi connectivity index (χ0v) is 13.6. The van der Waals surface area contributed by atoms with Crippen LogP contribution in [-0.4, -0.2) is 42.0 Å². The van der Waals surface area contributed by atoms with Crippen LogP contribution in [0.25, 0.3) is 0 Å². The van der Waals surface area contributed by atoms with Crippen molar-refractivity contribution in [2.75, 3.05) is 19.6 Å². The van der Waals surface area contributed by atoms with E-state index < -0.39 is 0 Å². The number of carbonyl (C=O) groups excluding carboxylic acids is 1. The van der Waals surface area contributed by atoms with Gasteiger partial charge in [-0.25, -0.2) is 0 Å². The molecular formula is C16H33N3O. The first-order valence-electron chi connectivity index (χ1n) is 8.30. The summed E-state index contributed by atoms with van der Waals surface area (Å²) in [7, 11) is 0. The van der Waals surface area contributed by atoms with Gasteiger partial charge in [-0.05, 0) is 32.7 Å². The van der Waals surface area contributed by atoms with E-state index in [0.29, 0.717) is 19.1 Å². The van der Waals surface area contributed by atoms with Crippen molar-refractivity contribution in [3.63, 3.8) is 0 Å². The van der Waals surface area contributed by atoms with Crippen molar-refractivity contribution in [1.82, 2.24) is 10.2 Å². The van der Waals surface area contributed by atoms with Crippen LogP contribution in [0.3, 0.4) is 0 Å². The van der Waals surface area contributed by atoms with Crippen LogP contribution in [0, 0.1) is 0 Å². The van der Waals surface area contributed by atoms with Crippen LogP contribution < -0.4 is 11.1 Å². The molecule has 20 heavy (non-hydrogen) atoms. The molecule has 0 aliphatic heterocycles. The Morgan fingerprint density at radius 1 is 1.25 bits per heavy atom. The van der Waals surface area contributed by atoms with Crippen molar-refractivity contribution in [2.24, 2.45) is 5.73 Å². The minimum Gasteiger partial charge on any atom is -0.352 e. The van der Waals surface area contributed by atoms with Crippen molar-refractivity contribution in [3.05, 3.63) is 0 Å². The highest BCUT2D eigenvalue weighted by Gasteiger charge is 2.29. The molecule has 4 nitrogen and oxygen atoms in total. The molecular weight excluding hydrogens is 250 g/mol. The lowest BCUT2D eigenvalue weighted by molar-refractivity contribution is -0.124. The molecule has 0 saturated heterocycles. The van der Waals surface area contributed by atoms with Gasteiger partial charge < -0.3 is 11.1 Å². The van der Waals surface area contributed by atoms with Gasteiger partial charge in [0.05, 0.1) is 6.54 Å². The topological polar surface area (TPSA) is 58.4 Å².